The molecule has 1 aromatic heterocycles. The third-order valence-corrected chi connectivity index (χ3v) is 3.89. The SMILES string of the molecule is COc1ccc2[nH]cc(CCc3ccccc3C(=O)O)c2c1. The number of hydrogen-bond acceptors (Lipinski definition) is 2. The summed E-state index contributed by atoms with van der Waals surface area (Å²) in [5, 5.41) is 10.4. The number of benzene rings is 2. The lowest BCUT2D eigenvalue weighted by Gasteiger charge is -2.06. The van der Waals surface area contributed by atoms with E-state index in [0.717, 1.165) is 34.2 Å². The monoisotopic (exact) mass is 295 g/mol. The zero-order valence-electron chi connectivity index (χ0n) is 12.3. The van der Waals surface area contributed by atoms with Crippen LogP contribution in [0.15, 0.2) is 48.7 Å². The minimum absolute atomic E-state index is 0.375. The Labute approximate surface area is 128 Å². The molecule has 22 heavy (non-hydrogen) atoms. The molecule has 4 heteroatoms. The quantitative estimate of drug-likeness (QED) is 0.755. The average Bonchev–Trinajstić information content (AvgIpc) is 2.95. The number of aromatic nitrogens is 1. The maximum atomic E-state index is 11.3. The van der Waals surface area contributed by atoms with Gasteiger partial charge in [-0.25, -0.2) is 4.79 Å². The molecule has 3 rings (SSSR count). The number of aromatic amines is 1. The second-order valence-corrected chi connectivity index (χ2v) is 5.19. The number of rotatable bonds is 5. The Hall–Kier alpha value is -2.75. The zero-order chi connectivity index (χ0) is 15.5. The molecule has 3 aromatic rings. The highest BCUT2D eigenvalue weighted by atomic mass is 16.5. The van der Waals surface area contributed by atoms with E-state index >= 15 is 0 Å². The van der Waals surface area contributed by atoms with E-state index in [1.165, 1.54) is 0 Å². The van der Waals surface area contributed by atoms with E-state index in [9.17, 15) is 9.90 Å². The van der Waals surface area contributed by atoms with Crippen molar-refractivity contribution < 1.29 is 14.6 Å². The van der Waals surface area contributed by atoms with Crippen molar-refractivity contribution >= 4 is 16.9 Å². The van der Waals surface area contributed by atoms with Crippen molar-refractivity contribution in [3.05, 3.63) is 65.4 Å². The standard InChI is InChI=1S/C18H17NO3/c1-22-14-8-9-17-16(10-14)13(11-19-17)7-6-12-4-2-3-5-15(12)18(20)21/h2-5,8-11,19H,6-7H2,1H3,(H,20,21). The number of fused-ring (bicyclic) bond motifs is 1. The van der Waals surface area contributed by atoms with Gasteiger partial charge in [0.05, 0.1) is 12.7 Å². The largest absolute Gasteiger partial charge is 0.497 e. The van der Waals surface area contributed by atoms with Gasteiger partial charge in [0.2, 0.25) is 0 Å². The van der Waals surface area contributed by atoms with Crippen LogP contribution in [0.5, 0.6) is 5.75 Å². The van der Waals surface area contributed by atoms with Crippen molar-refractivity contribution in [1.29, 1.82) is 0 Å². The summed E-state index contributed by atoms with van der Waals surface area (Å²) in [4.78, 5) is 14.5. The molecule has 0 radical (unpaired) electrons. The van der Waals surface area contributed by atoms with Crippen LogP contribution in [0.25, 0.3) is 10.9 Å². The van der Waals surface area contributed by atoms with Crippen molar-refractivity contribution in [3.8, 4) is 5.75 Å². The normalized spacial score (nSPS) is 10.8. The number of carboxylic acids is 1. The summed E-state index contributed by atoms with van der Waals surface area (Å²) in [7, 11) is 1.65. The van der Waals surface area contributed by atoms with Crippen LogP contribution in [-0.2, 0) is 12.8 Å². The Kier molecular flexibility index (Phi) is 3.83. The number of H-pyrrole nitrogens is 1. The van der Waals surface area contributed by atoms with E-state index in [4.69, 9.17) is 4.74 Å². The second kappa shape index (κ2) is 5.93. The van der Waals surface area contributed by atoms with Gasteiger partial charge in [-0.15, -0.1) is 0 Å². The van der Waals surface area contributed by atoms with Crippen LogP contribution >= 0.6 is 0 Å². The molecule has 0 aliphatic carbocycles. The van der Waals surface area contributed by atoms with Crippen molar-refractivity contribution in [2.45, 2.75) is 12.8 Å². The van der Waals surface area contributed by atoms with Gasteiger partial charge >= 0.3 is 5.97 Å². The van der Waals surface area contributed by atoms with Crippen LogP contribution in [0.3, 0.4) is 0 Å². The number of carboxylic acid groups (broad SMARTS) is 1. The van der Waals surface area contributed by atoms with Gasteiger partial charge in [0.1, 0.15) is 5.75 Å². The predicted octanol–water partition coefficient (Wildman–Crippen LogP) is 3.66. The first-order chi connectivity index (χ1) is 10.7. The minimum Gasteiger partial charge on any atom is -0.497 e. The van der Waals surface area contributed by atoms with Crippen molar-refractivity contribution in [2.75, 3.05) is 7.11 Å². The Morgan fingerprint density at radius 2 is 1.91 bits per heavy atom. The summed E-state index contributed by atoms with van der Waals surface area (Å²) < 4.78 is 5.27. The fourth-order valence-corrected chi connectivity index (χ4v) is 2.71. The first kappa shape index (κ1) is 14.2. The van der Waals surface area contributed by atoms with Gasteiger partial charge in [-0.2, -0.15) is 0 Å². The maximum absolute atomic E-state index is 11.3. The lowest BCUT2D eigenvalue weighted by molar-refractivity contribution is 0.0695. The first-order valence-corrected chi connectivity index (χ1v) is 7.14. The highest BCUT2D eigenvalue weighted by Crippen LogP contribution is 2.25. The Balaban J connectivity index is 1.87. The minimum atomic E-state index is -0.879. The van der Waals surface area contributed by atoms with Gasteiger partial charge in [-0.05, 0) is 48.2 Å². The van der Waals surface area contributed by atoms with Gasteiger partial charge in [-0.1, -0.05) is 18.2 Å². The summed E-state index contributed by atoms with van der Waals surface area (Å²) in [5.41, 5.74) is 3.45. The third-order valence-electron chi connectivity index (χ3n) is 3.89. The van der Waals surface area contributed by atoms with Crippen LogP contribution in [0.2, 0.25) is 0 Å². The molecular formula is C18H17NO3. The third kappa shape index (κ3) is 2.68. The van der Waals surface area contributed by atoms with E-state index in [1.54, 1.807) is 19.2 Å². The average molecular weight is 295 g/mol. The molecule has 0 aliphatic heterocycles. The van der Waals surface area contributed by atoms with Crippen LogP contribution in [0, 0.1) is 0 Å². The van der Waals surface area contributed by atoms with Crippen LogP contribution in [-0.4, -0.2) is 23.2 Å². The molecule has 2 aromatic carbocycles. The molecule has 0 unspecified atom stereocenters. The number of aryl methyl sites for hydroxylation is 2. The molecule has 0 saturated heterocycles. The first-order valence-electron chi connectivity index (χ1n) is 7.14. The number of carbonyl (C=O) groups is 1. The lowest BCUT2D eigenvalue weighted by Crippen LogP contribution is -2.03. The topological polar surface area (TPSA) is 62.3 Å². The molecule has 1 heterocycles. The van der Waals surface area contributed by atoms with Crippen LogP contribution in [0.1, 0.15) is 21.5 Å². The second-order valence-electron chi connectivity index (χ2n) is 5.19. The van der Waals surface area contributed by atoms with Crippen molar-refractivity contribution in [1.82, 2.24) is 4.98 Å². The molecule has 0 bridgehead atoms. The summed E-state index contributed by atoms with van der Waals surface area (Å²) in [6.45, 7) is 0. The molecular weight excluding hydrogens is 278 g/mol. The smallest absolute Gasteiger partial charge is 0.335 e. The number of methoxy groups -OCH3 is 1. The molecule has 0 amide bonds. The molecule has 0 spiro atoms. The molecule has 0 saturated carbocycles. The van der Waals surface area contributed by atoms with Gasteiger partial charge in [0.15, 0.2) is 0 Å². The number of nitrogens with one attached hydrogen (secondary N) is 1. The van der Waals surface area contributed by atoms with E-state index in [1.807, 2.05) is 36.5 Å². The van der Waals surface area contributed by atoms with Gasteiger partial charge < -0.3 is 14.8 Å². The molecule has 0 atom stereocenters. The Morgan fingerprint density at radius 3 is 2.68 bits per heavy atom. The Morgan fingerprint density at radius 1 is 1.14 bits per heavy atom. The highest BCUT2D eigenvalue weighted by molar-refractivity contribution is 5.89. The molecule has 112 valence electrons. The van der Waals surface area contributed by atoms with E-state index in [0.29, 0.717) is 12.0 Å². The van der Waals surface area contributed by atoms with Gasteiger partial charge in [0.25, 0.3) is 0 Å². The highest BCUT2D eigenvalue weighted by Gasteiger charge is 2.10. The van der Waals surface area contributed by atoms with E-state index in [-0.39, 0.29) is 0 Å². The van der Waals surface area contributed by atoms with Gasteiger partial charge in [-0.3, -0.25) is 0 Å². The molecule has 2 N–H and O–H groups in total. The molecule has 0 fully saturated rings. The molecule has 0 aliphatic rings. The van der Waals surface area contributed by atoms with E-state index < -0.39 is 5.97 Å². The summed E-state index contributed by atoms with van der Waals surface area (Å²) in [6, 6.07) is 13.1. The summed E-state index contributed by atoms with van der Waals surface area (Å²) in [6.07, 6.45) is 3.44. The van der Waals surface area contributed by atoms with Gasteiger partial charge in [0, 0.05) is 17.1 Å². The van der Waals surface area contributed by atoms with Crippen molar-refractivity contribution in [3.63, 3.8) is 0 Å². The fraction of sp³-hybridized carbons (Fsp3) is 0.167. The molecule has 4 nitrogen and oxygen atoms in total. The predicted molar refractivity (Wildman–Crippen MR) is 85.7 cm³/mol. The Bertz CT molecular complexity index is 820. The zero-order valence-corrected chi connectivity index (χ0v) is 12.3. The fourth-order valence-electron chi connectivity index (χ4n) is 2.71. The van der Waals surface area contributed by atoms with Crippen LogP contribution < -0.4 is 4.74 Å². The number of hydrogen-bond donors (Lipinski definition) is 2. The van der Waals surface area contributed by atoms with Crippen molar-refractivity contribution in [2.24, 2.45) is 0 Å². The lowest BCUT2D eigenvalue weighted by atomic mass is 9.99. The maximum Gasteiger partial charge on any atom is 0.335 e. The number of ether oxygens (including phenoxy) is 1. The summed E-state index contributed by atoms with van der Waals surface area (Å²) in [5.74, 6) is -0.0597. The number of aromatic carboxylic acids is 1. The van der Waals surface area contributed by atoms with Crippen LogP contribution in [0.4, 0.5) is 0 Å². The van der Waals surface area contributed by atoms with E-state index in [2.05, 4.69) is 4.98 Å². The summed E-state index contributed by atoms with van der Waals surface area (Å²) >= 11 is 0.